The third-order valence-electron chi connectivity index (χ3n) is 3.64. The summed E-state index contributed by atoms with van der Waals surface area (Å²) in [6, 6.07) is 7.82. The first-order valence-electron chi connectivity index (χ1n) is 7.16. The molecule has 1 aromatic carbocycles. The van der Waals surface area contributed by atoms with Crippen LogP contribution in [-0.2, 0) is 14.3 Å². The number of carbonyl (C=O) groups is 2. The van der Waals surface area contributed by atoms with Gasteiger partial charge in [0.2, 0.25) is 0 Å². The smallest absolute Gasteiger partial charge is 0.332 e. The predicted molar refractivity (Wildman–Crippen MR) is 88.3 cm³/mol. The molecule has 2 atom stereocenters. The van der Waals surface area contributed by atoms with E-state index in [1.54, 1.807) is 0 Å². The minimum atomic E-state index is -1.01. The Balaban J connectivity index is 1.62. The third kappa shape index (κ3) is 3.59. The van der Waals surface area contributed by atoms with E-state index in [1.807, 2.05) is 41.7 Å². The van der Waals surface area contributed by atoms with Crippen molar-refractivity contribution in [2.24, 2.45) is 0 Å². The molecule has 0 saturated carbocycles. The van der Waals surface area contributed by atoms with Crippen LogP contribution in [0.2, 0.25) is 0 Å². The Morgan fingerprint density at radius 1 is 1.18 bits per heavy atom. The molecule has 0 aromatic heterocycles. The standard InChI is InChI=1S/C15H17NO4S2/c17-13(11-4-5-12(20-11)14(18)19)16-10-3-1-2-9(8-10)15-21-6-7-22-15/h1-3,8,11-12,15H,4-7H2,(H,16,17)(H,18,19)/t11-,12+/m0/s1. The summed E-state index contributed by atoms with van der Waals surface area (Å²) < 4.78 is 5.69. The molecule has 2 fully saturated rings. The maximum Gasteiger partial charge on any atom is 0.332 e. The highest BCUT2D eigenvalue weighted by Crippen LogP contribution is 2.45. The lowest BCUT2D eigenvalue weighted by molar-refractivity contribution is -0.150. The van der Waals surface area contributed by atoms with E-state index >= 15 is 0 Å². The van der Waals surface area contributed by atoms with E-state index in [0.29, 0.717) is 17.4 Å². The monoisotopic (exact) mass is 339 g/mol. The molecule has 2 heterocycles. The van der Waals surface area contributed by atoms with Gasteiger partial charge < -0.3 is 15.2 Å². The van der Waals surface area contributed by atoms with Crippen molar-refractivity contribution < 1.29 is 19.4 Å². The lowest BCUT2D eigenvalue weighted by atomic mass is 10.1. The molecule has 1 aromatic rings. The molecule has 0 radical (unpaired) electrons. The number of aliphatic carboxylic acids is 1. The van der Waals surface area contributed by atoms with E-state index < -0.39 is 18.2 Å². The molecule has 1 amide bonds. The van der Waals surface area contributed by atoms with E-state index in [0.717, 1.165) is 17.2 Å². The lowest BCUT2D eigenvalue weighted by Gasteiger charge is -2.14. The van der Waals surface area contributed by atoms with Crippen molar-refractivity contribution in [3.63, 3.8) is 0 Å². The Morgan fingerprint density at radius 2 is 1.91 bits per heavy atom. The minimum Gasteiger partial charge on any atom is -0.479 e. The van der Waals surface area contributed by atoms with Gasteiger partial charge in [-0.25, -0.2) is 4.79 Å². The second kappa shape index (κ2) is 6.93. The highest BCUT2D eigenvalue weighted by molar-refractivity contribution is 8.19. The minimum absolute atomic E-state index is 0.271. The van der Waals surface area contributed by atoms with Crippen molar-refractivity contribution in [3.05, 3.63) is 29.8 Å². The number of carbonyl (C=O) groups excluding carboxylic acids is 1. The number of ether oxygens (including phenoxy) is 1. The van der Waals surface area contributed by atoms with Gasteiger partial charge in [0.25, 0.3) is 5.91 Å². The van der Waals surface area contributed by atoms with Gasteiger partial charge >= 0.3 is 5.97 Å². The van der Waals surface area contributed by atoms with E-state index in [4.69, 9.17) is 9.84 Å². The molecule has 2 aliphatic rings. The summed E-state index contributed by atoms with van der Waals surface area (Å²) in [4.78, 5) is 23.0. The Hall–Kier alpha value is -1.18. The summed E-state index contributed by atoms with van der Waals surface area (Å²) in [5, 5.41) is 11.7. The van der Waals surface area contributed by atoms with Crippen molar-refractivity contribution in [2.75, 3.05) is 16.8 Å². The Morgan fingerprint density at radius 3 is 2.59 bits per heavy atom. The van der Waals surface area contributed by atoms with Gasteiger partial charge in [0.05, 0.1) is 4.58 Å². The van der Waals surface area contributed by atoms with Gasteiger partial charge in [-0.1, -0.05) is 12.1 Å². The molecule has 5 nitrogen and oxygen atoms in total. The van der Waals surface area contributed by atoms with E-state index in [1.165, 1.54) is 5.56 Å². The van der Waals surface area contributed by atoms with Crippen LogP contribution in [0.5, 0.6) is 0 Å². The number of carboxylic acids is 1. The molecule has 7 heteroatoms. The van der Waals surface area contributed by atoms with Crippen LogP contribution in [0.3, 0.4) is 0 Å². The van der Waals surface area contributed by atoms with Gasteiger partial charge in [-0.3, -0.25) is 4.79 Å². The number of rotatable bonds is 4. The number of hydrogen-bond acceptors (Lipinski definition) is 5. The van der Waals surface area contributed by atoms with Crippen LogP contribution in [0.25, 0.3) is 0 Å². The molecule has 0 bridgehead atoms. The summed E-state index contributed by atoms with van der Waals surface area (Å²) in [7, 11) is 0. The maximum absolute atomic E-state index is 12.2. The van der Waals surface area contributed by atoms with Crippen LogP contribution >= 0.6 is 23.5 Å². The van der Waals surface area contributed by atoms with Gasteiger partial charge in [-0.15, -0.1) is 23.5 Å². The van der Waals surface area contributed by atoms with Crippen molar-refractivity contribution in [2.45, 2.75) is 29.6 Å². The van der Waals surface area contributed by atoms with Crippen molar-refractivity contribution >= 4 is 41.1 Å². The summed E-state index contributed by atoms with van der Waals surface area (Å²) in [6.45, 7) is 0. The fraction of sp³-hybridized carbons (Fsp3) is 0.467. The average molecular weight is 339 g/mol. The van der Waals surface area contributed by atoms with Gasteiger partial charge in [-0.05, 0) is 30.5 Å². The van der Waals surface area contributed by atoms with Crippen LogP contribution in [0.4, 0.5) is 5.69 Å². The molecule has 3 rings (SSSR count). The largest absolute Gasteiger partial charge is 0.479 e. The Bertz CT molecular complexity index is 574. The van der Waals surface area contributed by atoms with Crippen molar-refractivity contribution in [3.8, 4) is 0 Å². The van der Waals surface area contributed by atoms with Crippen LogP contribution in [0, 0.1) is 0 Å². The molecule has 2 aliphatic heterocycles. The van der Waals surface area contributed by atoms with Crippen LogP contribution in [0.1, 0.15) is 23.0 Å². The number of carboxylic acid groups (broad SMARTS) is 1. The molecule has 0 aliphatic carbocycles. The molecule has 22 heavy (non-hydrogen) atoms. The van der Waals surface area contributed by atoms with Crippen molar-refractivity contribution in [1.29, 1.82) is 0 Å². The van der Waals surface area contributed by atoms with Gasteiger partial charge in [0.15, 0.2) is 6.10 Å². The number of benzene rings is 1. The van der Waals surface area contributed by atoms with E-state index in [2.05, 4.69) is 11.4 Å². The number of anilines is 1. The highest BCUT2D eigenvalue weighted by Gasteiger charge is 2.34. The fourth-order valence-corrected chi connectivity index (χ4v) is 5.39. The van der Waals surface area contributed by atoms with Crippen LogP contribution in [0.15, 0.2) is 24.3 Å². The van der Waals surface area contributed by atoms with E-state index in [9.17, 15) is 9.59 Å². The highest BCUT2D eigenvalue weighted by atomic mass is 32.2. The summed E-state index contributed by atoms with van der Waals surface area (Å²) >= 11 is 3.82. The average Bonchev–Trinajstić information content (AvgIpc) is 3.19. The Labute approximate surface area is 137 Å². The SMILES string of the molecule is O=C(Nc1cccc(C2SCCS2)c1)[C@@H]1CC[C@H](C(=O)O)O1. The zero-order valence-electron chi connectivity index (χ0n) is 11.9. The van der Waals surface area contributed by atoms with Gasteiger partial charge in [0, 0.05) is 17.2 Å². The summed E-state index contributed by atoms with van der Waals surface area (Å²) in [5.41, 5.74) is 1.93. The van der Waals surface area contributed by atoms with Crippen molar-refractivity contribution in [1.82, 2.24) is 0 Å². The first-order chi connectivity index (χ1) is 10.6. The number of nitrogens with one attached hydrogen (secondary N) is 1. The van der Waals surface area contributed by atoms with Gasteiger partial charge in [0.1, 0.15) is 6.10 Å². The topological polar surface area (TPSA) is 75.6 Å². The molecule has 2 N–H and O–H groups in total. The van der Waals surface area contributed by atoms with Crippen LogP contribution in [-0.4, -0.2) is 40.7 Å². The second-order valence-corrected chi connectivity index (χ2v) is 7.94. The number of thioether (sulfide) groups is 2. The fourth-order valence-electron chi connectivity index (χ4n) is 2.55. The lowest BCUT2D eigenvalue weighted by Crippen LogP contribution is -2.29. The zero-order chi connectivity index (χ0) is 15.5. The summed E-state index contributed by atoms with van der Waals surface area (Å²) in [6.07, 6.45) is -0.729. The Kier molecular flexibility index (Phi) is 4.95. The maximum atomic E-state index is 12.2. The molecular weight excluding hydrogens is 322 g/mol. The summed E-state index contributed by atoms with van der Waals surface area (Å²) in [5.74, 6) is 1.02. The molecule has 118 valence electrons. The van der Waals surface area contributed by atoms with Crippen LogP contribution < -0.4 is 5.32 Å². The molecule has 0 spiro atoms. The molecule has 0 unspecified atom stereocenters. The first-order valence-corrected chi connectivity index (χ1v) is 9.25. The van der Waals surface area contributed by atoms with E-state index in [-0.39, 0.29) is 5.91 Å². The quantitative estimate of drug-likeness (QED) is 0.878. The molecule has 2 saturated heterocycles. The zero-order valence-corrected chi connectivity index (χ0v) is 13.5. The molecular formula is C15H17NO4S2. The number of hydrogen-bond donors (Lipinski definition) is 2. The first kappa shape index (κ1) is 15.7. The normalized spacial score (nSPS) is 25.3. The third-order valence-corrected chi connectivity index (χ3v) is 6.74. The predicted octanol–water partition coefficient (Wildman–Crippen LogP) is 2.74. The van der Waals surface area contributed by atoms with Gasteiger partial charge in [-0.2, -0.15) is 0 Å². The second-order valence-electron chi connectivity index (χ2n) is 5.22. The number of amides is 1.